The van der Waals surface area contributed by atoms with E-state index in [1.54, 1.807) is 0 Å². The van der Waals surface area contributed by atoms with Gasteiger partial charge in [-0.15, -0.1) is 0 Å². The van der Waals surface area contributed by atoms with Crippen LogP contribution < -0.4 is 5.32 Å². The third-order valence-electron chi connectivity index (χ3n) is 1.96. The number of aromatic nitrogens is 1. The van der Waals surface area contributed by atoms with Crippen LogP contribution >= 0.6 is 0 Å². The average molecular weight is 147 g/mol. The van der Waals surface area contributed by atoms with E-state index in [1.807, 2.05) is 18.3 Å². The quantitative estimate of drug-likeness (QED) is 0.596. The molecule has 0 spiro atoms. The lowest BCUT2D eigenvalue weighted by molar-refractivity contribution is 0.534. The Kier molecular flexibility index (Phi) is 1.32. The summed E-state index contributed by atoms with van der Waals surface area (Å²) in [6, 6.07) is 6.26. The standard InChI is InChI=1S/C8H9N3/c9-4-7-5-10-8-2-1-3-11(8)6-7/h1-3,7,10H,5-6H2. The van der Waals surface area contributed by atoms with Crippen molar-refractivity contribution in [3.05, 3.63) is 18.3 Å². The normalized spacial score (nSPS) is 21.5. The van der Waals surface area contributed by atoms with E-state index >= 15 is 0 Å². The number of anilines is 1. The van der Waals surface area contributed by atoms with Gasteiger partial charge in [0.2, 0.25) is 0 Å². The Morgan fingerprint density at radius 2 is 2.64 bits per heavy atom. The Morgan fingerprint density at radius 3 is 3.45 bits per heavy atom. The summed E-state index contributed by atoms with van der Waals surface area (Å²) in [5.41, 5.74) is 0. The first-order chi connectivity index (χ1) is 5.40. The van der Waals surface area contributed by atoms with Crippen molar-refractivity contribution >= 4 is 5.82 Å². The molecule has 3 heteroatoms. The first-order valence-corrected chi connectivity index (χ1v) is 3.69. The number of hydrogen-bond donors (Lipinski definition) is 1. The van der Waals surface area contributed by atoms with Crippen LogP contribution in [0.3, 0.4) is 0 Å². The number of nitrogens with zero attached hydrogens (tertiary/aromatic N) is 2. The minimum Gasteiger partial charge on any atom is -0.370 e. The van der Waals surface area contributed by atoms with Crippen LogP contribution in [-0.2, 0) is 6.54 Å². The number of hydrogen-bond acceptors (Lipinski definition) is 2. The molecule has 0 bridgehead atoms. The van der Waals surface area contributed by atoms with Gasteiger partial charge in [-0.05, 0) is 12.1 Å². The van der Waals surface area contributed by atoms with Crippen LogP contribution in [0.25, 0.3) is 0 Å². The Morgan fingerprint density at radius 1 is 1.73 bits per heavy atom. The van der Waals surface area contributed by atoms with Crippen LogP contribution in [0.1, 0.15) is 0 Å². The minimum absolute atomic E-state index is 0.120. The molecule has 0 saturated carbocycles. The van der Waals surface area contributed by atoms with Gasteiger partial charge < -0.3 is 9.88 Å². The lowest BCUT2D eigenvalue weighted by atomic mass is 10.1. The SMILES string of the molecule is N#CC1CNc2cccn2C1. The highest BCUT2D eigenvalue weighted by Gasteiger charge is 2.15. The van der Waals surface area contributed by atoms with Crippen molar-refractivity contribution in [1.29, 1.82) is 5.26 Å². The third kappa shape index (κ3) is 0.966. The van der Waals surface area contributed by atoms with E-state index in [0.717, 1.165) is 18.9 Å². The van der Waals surface area contributed by atoms with Crippen LogP contribution in [0.5, 0.6) is 0 Å². The zero-order valence-electron chi connectivity index (χ0n) is 6.12. The maximum Gasteiger partial charge on any atom is 0.105 e. The zero-order valence-corrected chi connectivity index (χ0v) is 6.12. The molecule has 1 aliphatic heterocycles. The topological polar surface area (TPSA) is 40.8 Å². The molecule has 2 rings (SSSR count). The van der Waals surface area contributed by atoms with Crippen molar-refractivity contribution in [3.63, 3.8) is 0 Å². The van der Waals surface area contributed by atoms with Crippen LogP contribution in [0, 0.1) is 17.2 Å². The third-order valence-corrected chi connectivity index (χ3v) is 1.96. The second kappa shape index (κ2) is 2.31. The van der Waals surface area contributed by atoms with E-state index < -0.39 is 0 Å². The number of nitriles is 1. The summed E-state index contributed by atoms with van der Waals surface area (Å²) in [7, 11) is 0. The van der Waals surface area contributed by atoms with Gasteiger partial charge in [-0.25, -0.2) is 0 Å². The van der Waals surface area contributed by atoms with Gasteiger partial charge in [0.25, 0.3) is 0 Å². The first-order valence-electron chi connectivity index (χ1n) is 3.69. The van der Waals surface area contributed by atoms with E-state index in [1.165, 1.54) is 0 Å². The van der Waals surface area contributed by atoms with Crippen molar-refractivity contribution in [2.24, 2.45) is 5.92 Å². The molecule has 1 N–H and O–H groups in total. The lowest BCUT2D eigenvalue weighted by Gasteiger charge is -2.20. The Balaban J connectivity index is 2.26. The fourth-order valence-electron chi connectivity index (χ4n) is 1.35. The summed E-state index contributed by atoms with van der Waals surface area (Å²) in [5, 5.41) is 11.8. The van der Waals surface area contributed by atoms with Crippen molar-refractivity contribution in [2.75, 3.05) is 11.9 Å². The molecule has 0 fully saturated rings. The van der Waals surface area contributed by atoms with E-state index in [9.17, 15) is 0 Å². The van der Waals surface area contributed by atoms with E-state index in [4.69, 9.17) is 5.26 Å². The largest absolute Gasteiger partial charge is 0.370 e. The van der Waals surface area contributed by atoms with Gasteiger partial charge >= 0.3 is 0 Å². The molecule has 56 valence electrons. The molecule has 0 aromatic carbocycles. The monoisotopic (exact) mass is 147 g/mol. The molecule has 3 nitrogen and oxygen atoms in total. The zero-order chi connectivity index (χ0) is 7.68. The maximum atomic E-state index is 8.65. The molecule has 11 heavy (non-hydrogen) atoms. The molecule has 0 radical (unpaired) electrons. The summed E-state index contributed by atoms with van der Waals surface area (Å²) in [5.74, 6) is 1.24. The van der Waals surface area contributed by atoms with Crippen molar-refractivity contribution in [2.45, 2.75) is 6.54 Å². The van der Waals surface area contributed by atoms with Gasteiger partial charge in [-0.1, -0.05) is 0 Å². The van der Waals surface area contributed by atoms with E-state index in [2.05, 4.69) is 16.0 Å². The predicted molar refractivity (Wildman–Crippen MR) is 42.0 cm³/mol. The van der Waals surface area contributed by atoms with E-state index in [-0.39, 0.29) is 5.92 Å². The fourth-order valence-corrected chi connectivity index (χ4v) is 1.35. The summed E-state index contributed by atoms with van der Waals surface area (Å²) < 4.78 is 2.07. The summed E-state index contributed by atoms with van der Waals surface area (Å²) in [6.07, 6.45) is 1.99. The van der Waals surface area contributed by atoms with Crippen LogP contribution in [0.4, 0.5) is 5.82 Å². The van der Waals surface area contributed by atoms with Crippen LogP contribution in [0.15, 0.2) is 18.3 Å². The molecule has 0 saturated heterocycles. The Hall–Kier alpha value is -1.43. The van der Waals surface area contributed by atoms with Gasteiger partial charge in [0, 0.05) is 19.3 Å². The lowest BCUT2D eigenvalue weighted by Crippen LogP contribution is -2.25. The smallest absolute Gasteiger partial charge is 0.105 e. The molecule has 0 aliphatic carbocycles. The molecule has 1 atom stereocenters. The van der Waals surface area contributed by atoms with Crippen LogP contribution in [-0.4, -0.2) is 11.1 Å². The molecular formula is C8H9N3. The van der Waals surface area contributed by atoms with Gasteiger partial charge in [0.05, 0.1) is 12.0 Å². The maximum absolute atomic E-state index is 8.65. The summed E-state index contributed by atoms with van der Waals surface area (Å²) in [4.78, 5) is 0. The molecule has 2 heterocycles. The van der Waals surface area contributed by atoms with Crippen molar-refractivity contribution < 1.29 is 0 Å². The molecule has 1 aromatic rings. The second-order valence-corrected chi connectivity index (χ2v) is 2.75. The van der Waals surface area contributed by atoms with Crippen LogP contribution in [0.2, 0.25) is 0 Å². The van der Waals surface area contributed by atoms with Gasteiger partial charge in [-0.2, -0.15) is 5.26 Å². The number of rotatable bonds is 0. The summed E-state index contributed by atoms with van der Waals surface area (Å²) >= 11 is 0. The fraction of sp³-hybridized carbons (Fsp3) is 0.375. The van der Waals surface area contributed by atoms with Gasteiger partial charge in [-0.3, -0.25) is 0 Å². The van der Waals surface area contributed by atoms with Crippen molar-refractivity contribution in [3.8, 4) is 6.07 Å². The number of fused-ring (bicyclic) bond motifs is 1. The Labute approximate surface area is 65.2 Å². The van der Waals surface area contributed by atoms with Gasteiger partial charge in [0.15, 0.2) is 0 Å². The van der Waals surface area contributed by atoms with Crippen molar-refractivity contribution in [1.82, 2.24) is 4.57 Å². The number of nitrogens with one attached hydrogen (secondary N) is 1. The minimum atomic E-state index is 0.120. The average Bonchev–Trinajstić information content (AvgIpc) is 2.50. The highest BCUT2D eigenvalue weighted by Crippen LogP contribution is 2.17. The molecule has 1 aliphatic rings. The molecule has 0 amide bonds. The van der Waals surface area contributed by atoms with E-state index in [0.29, 0.717) is 0 Å². The second-order valence-electron chi connectivity index (χ2n) is 2.75. The highest BCUT2D eigenvalue weighted by molar-refractivity contribution is 5.38. The Bertz CT molecular complexity index is 295. The molecule has 1 aromatic heterocycles. The first kappa shape index (κ1) is 6.29. The predicted octanol–water partition coefficient (Wildman–Crippen LogP) is 1.05. The summed E-state index contributed by atoms with van der Waals surface area (Å²) in [6.45, 7) is 1.60. The highest BCUT2D eigenvalue weighted by atomic mass is 15.1. The molecule has 1 unspecified atom stereocenters. The molecular weight excluding hydrogens is 138 g/mol. The van der Waals surface area contributed by atoms with Gasteiger partial charge in [0.1, 0.15) is 5.82 Å².